The smallest absolute Gasteiger partial charge is 0.159 e. The Morgan fingerprint density at radius 3 is 2.76 bits per heavy atom. The lowest BCUT2D eigenvalue weighted by Gasteiger charge is -2.13. The van der Waals surface area contributed by atoms with Crippen molar-refractivity contribution in [3.05, 3.63) is 70.3 Å². The van der Waals surface area contributed by atoms with Gasteiger partial charge in [0.15, 0.2) is 11.6 Å². The Morgan fingerprint density at radius 2 is 2.00 bits per heavy atom. The molecule has 2 aromatic rings. The molecule has 0 heterocycles. The second-order valence-corrected chi connectivity index (χ2v) is 5.16. The van der Waals surface area contributed by atoms with Crippen molar-refractivity contribution in [3.8, 4) is 0 Å². The molecule has 3 rings (SSSR count). The number of aldehydes is 1. The molecule has 0 saturated heterocycles. The number of benzene rings is 2. The molecule has 2 aromatic carbocycles. The summed E-state index contributed by atoms with van der Waals surface area (Å²) in [6.07, 6.45) is 2.46. The first kappa shape index (κ1) is 13.9. The van der Waals surface area contributed by atoms with Crippen molar-refractivity contribution in [3.63, 3.8) is 0 Å². The summed E-state index contributed by atoms with van der Waals surface area (Å²) in [6.45, 7) is 0.233. The Morgan fingerprint density at radius 1 is 1.14 bits per heavy atom. The van der Waals surface area contributed by atoms with Gasteiger partial charge in [0.2, 0.25) is 0 Å². The second kappa shape index (κ2) is 5.74. The summed E-state index contributed by atoms with van der Waals surface area (Å²) in [4.78, 5) is 10.8. The second-order valence-electron chi connectivity index (χ2n) is 5.16. The van der Waals surface area contributed by atoms with Crippen LogP contribution in [0.25, 0.3) is 0 Å². The van der Waals surface area contributed by atoms with E-state index in [1.807, 2.05) is 12.1 Å². The van der Waals surface area contributed by atoms with Crippen LogP contribution in [0.2, 0.25) is 0 Å². The van der Waals surface area contributed by atoms with Crippen LogP contribution in [0.4, 0.5) is 8.78 Å². The van der Waals surface area contributed by atoms with Crippen molar-refractivity contribution in [1.82, 2.24) is 0 Å². The monoisotopic (exact) mass is 288 g/mol. The van der Waals surface area contributed by atoms with Gasteiger partial charge in [-0.1, -0.05) is 18.2 Å². The van der Waals surface area contributed by atoms with E-state index in [4.69, 9.17) is 4.74 Å². The van der Waals surface area contributed by atoms with E-state index in [0.717, 1.165) is 42.4 Å². The van der Waals surface area contributed by atoms with Crippen LogP contribution in [-0.2, 0) is 17.8 Å². The number of hydrogen-bond acceptors (Lipinski definition) is 2. The number of halogens is 2. The van der Waals surface area contributed by atoms with Gasteiger partial charge in [0.1, 0.15) is 6.29 Å². The molecule has 0 N–H and O–H groups in total. The van der Waals surface area contributed by atoms with Gasteiger partial charge < -0.3 is 4.74 Å². The fourth-order valence-electron chi connectivity index (χ4n) is 2.67. The Bertz CT molecular complexity index is 682. The van der Waals surface area contributed by atoms with E-state index in [1.54, 1.807) is 6.07 Å². The zero-order chi connectivity index (χ0) is 14.8. The van der Waals surface area contributed by atoms with Gasteiger partial charge in [0, 0.05) is 5.56 Å². The summed E-state index contributed by atoms with van der Waals surface area (Å²) in [7, 11) is 0. The van der Waals surface area contributed by atoms with E-state index in [0.29, 0.717) is 11.1 Å². The lowest BCUT2D eigenvalue weighted by molar-refractivity contribution is 0.0409. The molecular weight excluding hydrogens is 274 g/mol. The molecule has 4 heteroatoms. The van der Waals surface area contributed by atoms with E-state index in [-0.39, 0.29) is 12.7 Å². The molecule has 2 nitrogen and oxygen atoms in total. The zero-order valence-electron chi connectivity index (χ0n) is 11.3. The standard InChI is InChI=1S/C17H14F2O2/c18-15-5-2-12(8-16(15)19)10-21-17-6-3-13-7-11(9-20)1-4-14(13)17/h1-2,4-5,7-9,17H,3,6,10H2. The van der Waals surface area contributed by atoms with E-state index >= 15 is 0 Å². The molecule has 0 spiro atoms. The quantitative estimate of drug-likeness (QED) is 0.795. The highest BCUT2D eigenvalue weighted by Gasteiger charge is 2.23. The van der Waals surface area contributed by atoms with Crippen molar-refractivity contribution in [2.75, 3.05) is 0 Å². The van der Waals surface area contributed by atoms with Crippen LogP contribution in [0.1, 0.15) is 39.6 Å². The predicted octanol–water partition coefficient (Wildman–Crippen LogP) is 3.98. The number of carbonyl (C=O) groups excluding carboxylic acids is 1. The maximum atomic E-state index is 13.1. The van der Waals surface area contributed by atoms with Crippen LogP contribution in [-0.4, -0.2) is 6.29 Å². The van der Waals surface area contributed by atoms with Crippen molar-refractivity contribution in [2.45, 2.75) is 25.6 Å². The molecule has 1 unspecified atom stereocenters. The van der Waals surface area contributed by atoms with E-state index < -0.39 is 11.6 Å². The molecule has 0 radical (unpaired) electrons. The fourth-order valence-corrected chi connectivity index (χ4v) is 2.67. The van der Waals surface area contributed by atoms with Gasteiger partial charge in [0.25, 0.3) is 0 Å². The zero-order valence-corrected chi connectivity index (χ0v) is 11.3. The Kier molecular flexibility index (Phi) is 3.80. The lowest BCUT2D eigenvalue weighted by Crippen LogP contribution is -2.01. The molecule has 1 atom stereocenters. The highest BCUT2D eigenvalue weighted by atomic mass is 19.2. The van der Waals surface area contributed by atoms with Gasteiger partial charge in [-0.3, -0.25) is 4.79 Å². The van der Waals surface area contributed by atoms with E-state index in [9.17, 15) is 13.6 Å². The third kappa shape index (κ3) is 2.85. The number of ether oxygens (including phenoxy) is 1. The lowest BCUT2D eigenvalue weighted by atomic mass is 10.1. The first-order valence-electron chi connectivity index (χ1n) is 6.81. The summed E-state index contributed by atoms with van der Waals surface area (Å²) in [5.74, 6) is -1.72. The average molecular weight is 288 g/mol. The third-order valence-electron chi connectivity index (χ3n) is 3.76. The maximum absolute atomic E-state index is 13.1. The third-order valence-corrected chi connectivity index (χ3v) is 3.76. The topological polar surface area (TPSA) is 26.3 Å². The van der Waals surface area contributed by atoms with Crippen molar-refractivity contribution in [1.29, 1.82) is 0 Å². The summed E-state index contributed by atoms with van der Waals surface area (Å²) in [6, 6.07) is 9.33. The predicted molar refractivity (Wildman–Crippen MR) is 74.0 cm³/mol. The Labute approximate surface area is 121 Å². The molecule has 1 aliphatic carbocycles. The summed E-state index contributed by atoms with van der Waals surface area (Å²) in [5.41, 5.74) is 3.46. The molecule has 0 saturated carbocycles. The number of rotatable bonds is 4. The molecule has 21 heavy (non-hydrogen) atoms. The van der Waals surface area contributed by atoms with Gasteiger partial charge in [-0.25, -0.2) is 8.78 Å². The molecule has 108 valence electrons. The minimum Gasteiger partial charge on any atom is -0.369 e. The largest absolute Gasteiger partial charge is 0.369 e. The highest BCUT2D eigenvalue weighted by molar-refractivity contribution is 5.75. The number of carbonyl (C=O) groups is 1. The number of hydrogen-bond donors (Lipinski definition) is 0. The Hall–Kier alpha value is -2.07. The van der Waals surface area contributed by atoms with E-state index in [2.05, 4.69) is 0 Å². The normalized spacial score (nSPS) is 16.8. The first-order valence-corrected chi connectivity index (χ1v) is 6.81. The number of fused-ring (bicyclic) bond motifs is 1. The molecule has 0 bridgehead atoms. The first-order chi connectivity index (χ1) is 10.2. The molecule has 1 aliphatic rings. The summed E-state index contributed by atoms with van der Waals surface area (Å²) >= 11 is 0. The highest BCUT2D eigenvalue weighted by Crippen LogP contribution is 2.35. The van der Waals surface area contributed by atoms with Crippen LogP contribution >= 0.6 is 0 Å². The fraction of sp³-hybridized carbons (Fsp3) is 0.235. The van der Waals surface area contributed by atoms with Gasteiger partial charge in [0.05, 0.1) is 12.7 Å². The van der Waals surface area contributed by atoms with Gasteiger partial charge >= 0.3 is 0 Å². The maximum Gasteiger partial charge on any atom is 0.159 e. The van der Waals surface area contributed by atoms with Crippen LogP contribution in [0.5, 0.6) is 0 Å². The van der Waals surface area contributed by atoms with Gasteiger partial charge in [-0.05, 0) is 47.7 Å². The van der Waals surface area contributed by atoms with Crippen LogP contribution < -0.4 is 0 Å². The van der Waals surface area contributed by atoms with Crippen LogP contribution in [0.15, 0.2) is 36.4 Å². The molecule has 0 amide bonds. The van der Waals surface area contributed by atoms with E-state index in [1.165, 1.54) is 6.07 Å². The Balaban J connectivity index is 1.70. The van der Waals surface area contributed by atoms with Crippen molar-refractivity contribution >= 4 is 6.29 Å². The van der Waals surface area contributed by atoms with Gasteiger partial charge in [-0.2, -0.15) is 0 Å². The van der Waals surface area contributed by atoms with Crippen LogP contribution in [0.3, 0.4) is 0 Å². The SMILES string of the molecule is O=Cc1ccc2c(c1)CCC2OCc1ccc(F)c(F)c1. The minimum atomic E-state index is -0.862. The van der Waals surface area contributed by atoms with Crippen molar-refractivity contribution < 1.29 is 18.3 Å². The summed E-state index contributed by atoms with van der Waals surface area (Å²) < 4.78 is 31.8. The van der Waals surface area contributed by atoms with Gasteiger partial charge in [-0.15, -0.1) is 0 Å². The molecule has 0 fully saturated rings. The molecule has 0 aliphatic heterocycles. The average Bonchev–Trinajstić information content (AvgIpc) is 2.90. The van der Waals surface area contributed by atoms with Crippen LogP contribution in [0, 0.1) is 11.6 Å². The number of aryl methyl sites for hydroxylation is 1. The minimum absolute atomic E-state index is 0.0613. The van der Waals surface area contributed by atoms with Crippen molar-refractivity contribution in [2.24, 2.45) is 0 Å². The summed E-state index contributed by atoms with van der Waals surface area (Å²) in [5, 5.41) is 0. The molecule has 0 aromatic heterocycles. The molecular formula is C17H14F2O2.